The van der Waals surface area contributed by atoms with Crippen LogP contribution in [0.5, 0.6) is 11.5 Å². The molecule has 0 bridgehead atoms. The van der Waals surface area contributed by atoms with Gasteiger partial charge in [-0.1, -0.05) is 18.2 Å². The molecule has 0 aliphatic heterocycles. The van der Waals surface area contributed by atoms with Crippen LogP contribution in [0.3, 0.4) is 0 Å². The summed E-state index contributed by atoms with van der Waals surface area (Å²) in [5.74, 6) is 0.566. The lowest BCUT2D eigenvalue weighted by atomic mass is 10.1. The Kier molecular flexibility index (Phi) is 6.27. The van der Waals surface area contributed by atoms with Crippen molar-refractivity contribution in [3.8, 4) is 11.5 Å². The molecule has 0 heterocycles. The molecule has 0 atom stereocenters. The number of nitrogens with one attached hydrogen (secondary N) is 1. The van der Waals surface area contributed by atoms with Gasteiger partial charge in [-0.15, -0.1) is 0 Å². The van der Waals surface area contributed by atoms with E-state index in [2.05, 4.69) is 5.32 Å². The predicted octanol–water partition coefficient (Wildman–Crippen LogP) is 3.45. The van der Waals surface area contributed by atoms with Gasteiger partial charge in [-0.25, -0.2) is 0 Å². The number of amides is 1. The van der Waals surface area contributed by atoms with E-state index in [0.717, 1.165) is 17.7 Å². The number of ether oxygens (including phenoxy) is 2. The average molecular weight is 353 g/mol. The molecule has 1 amide bonds. The third kappa shape index (κ3) is 6.02. The largest absolute Gasteiger partial charge is 0.497 e. The minimum absolute atomic E-state index is 0.0746. The van der Waals surface area contributed by atoms with Crippen LogP contribution in [0.1, 0.15) is 11.1 Å². The summed E-state index contributed by atoms with van der Waals surface area (Å²) in [6.45, 7) is 0.268. The number of halogens is 3. The van der Waals surface area contributed by atoms with Crippen LogP contribution in [0.25, 0.3) is 0 Å². The second-order valence-electron chi connectivity index (χ2n) is 5.25. The number of benzene rings is 2. The standard InChI is InChI=1S/C18H18F3NO3/c1-24-15-6-2-4-13(10-15)11-17(23)22-8-9-25-16-7-3-5-14(12-16)18(19,20)21/h2-7,10,12H,8-9,11H2,1H3,(H,22,23). The zero-order valence-electron chi connectivity index (χ0n) is 13.6. The highest BCUT2D eigenvalue weighted by molar-refractivity contribution is 5.78. The Balaban J connectivity index is 1.76. The van der Waals surface area contributed by atoms with Crippen LogP contribution in [0.15, 0.2) is 48.5 Å². The molecule has 0 aromatic heterocycles. The van der Waals surface area contributed by atoms with E-state index in [0.29, 0.717) is 5.75 Å². The summed E-state index contributed by atoms with van der Waals surface area (Å²) in [4.78, 5) is 11.9. The number of rotatable bonds is 7. The summed E-state index contributed by atoms with van der Waals surface area (Å²) in [5, 5.41) is 2.66. The molecule has 0 fully saturated rings. The van der Waals surface area contributed by atoms with E-state index in [1.165, 1.54) is 12.1 Å². The molecule has 25 heavy (non-hydrogen) atoms. The molecule has 0 saturated heterocycles. The third-order valence-corrected chi connectivity index (χ3v) is 3.35. The molecule has 2 aromatic carbocycles. The third-order valence-electron chi connectivity index (χ3n) is 3.35. The quantitative estimate of drug-likeness (QED) is 0.776. The molecule has 7 heteroatoms. The summed E-state index contributed by atoms with van der Waals surface area (Å²) in [7, 11) is 1.55. The fourth-order valence-electron chi connectivity index (χ4n) is 2.15. The van der Waals surface area contributed by atoms with E-state index in [1.54, 1.807) is 31.4 Å². The first-order valence-electron chi connectivity index (χ1n) is 7.58. The fourth-order valence-corrected chi connectivity index (χ4v) is 2.15. The second-order valence-corrected chi connectivity index (χ2v) is 5.25. The Morgan fingerprint density at radius 1 is 1.08 bits per heavy atom. The predicted molar refractivity (Wildman–Crippen MR) is 86.6 cm³/mol. The van der Waals surface area contributed by atoms with Crippen LogP contribution >= 0.6 is 0 Å². The maximum atomic E-state index is 12.6. The van der Waals surface area contributed by atoms with Crippen molar-refractivity contribution >= 4 is 5.91 Å². The molecule has 0 radical (unpaired) electrons. The summed E-state index contributed by atoms with van der Waals surface area (Å²) >= 11 is 0. The van der Waals surface area contributed by atoms with Gasteiger partial charge < -0.3 is 14.8 Å². The van der Waals surface area contributed by atoms with E-state index >= 15 is 0 Å². The summed E-state index contributed by atoms with van der Waals surface area (Å²) in [6.07, 6.45) is -4.23. The highest BCUT2D eigenvalue weighted by atomic mass is 19.4. The first kappa shape index (κ1) is 18.6. The number of carbonyl (C=O) groups is 1. The van der Waals surface area contributed by atoms with Crippen molar-refractivity contribution < 1.29 is 27.4 Å². The summed E-state index contributed by atoms with van der Waals surface area (Å²) < 4.78 is 48.1. The molecule has 2 aromatic rings. The molecule has 134 valence electrons. The topological polar surface area (TPSA) is 47.6 Å². The second kappa shape index (κ2) is 8.41. The van der Waals surface area contributed by atoms with Crippen LogP contribution < -0.4 is 14.8 Å². The van der Waals surface area contributed by atoms with E-state index < -0.39 is 11.7 Å². The molecular weight excluding hydrogens is 335 g/mol. The molecule has 0 aliphatic carbocycles. The van der Waals surface area contributed by atoms with Gasteiger partial charge in [-0.2, -0.15) is 13.2 Å². The van der Waals surface area contributed by atoms with E-state index in [9.17, 15) is 18.0 Å². The lowest BCUT2D eigenvalue weighted by Gasteiger charge is -2.11. The van der Waals surface area contributed by atoms with Gasteiger partial charge in [0.25, 0.3) is 0 Å². The van der Waals surface area contributed by atoms with Gasteiger partial charge in [-0.05, 0) is 35.9 Å². The Morgan fingerprint density at radius 2 is 1.80 bits per heavy atom. The molecular formula is C18H18F3NO3. The van der Waals surface area contributed by atoms with Crippen molar-refractivity contribution in [1.82, 2.24) is 5.32 Å². The van der Waals surface area contributed by atoms with Gasteiger partial charge in [0.15, 0.2) is 0 Å². The Bertz CT molecular complexity index is 717. The molecule has 0 aliphatic rings. The normalized spacial score (nSPS) is 11.0. The Morgan fingerprint density at radius 3 is 2.52 bits per heavy atom. The van der Waals surface area contributed by atoms with Crippen LogP contribution in [0.2, 0.25) is 0 Å². The first-order chi connectivity index (χ1) is 11.9. The zero-order chi connectivity index (χ0) is 18.3. The van der Waals surface area contributed by atoms with Gasteiger partial charge in [-0.3, -0.25) is 4.79 Å². The molecule has 1 N–H and O–H groups in total. The van der Waals surface area contributed by atoms with Gasteiger partial charge >= 0.3 is 6.18 Å². The lowest BCUT2D eigenvalue weighted by Crippen LogP contribution is -2.29. The van der Waals surface area contributed by atoms with Gasteiger partial charge in [0.2, 0.25) is 5.91 Å². The minimum atomic E-state index is -4.41. The number of methoxy groups -OCH3 is 1. The number of hydrogen-bond acceptors (Lipinski definition) is 3. The Labute approximate surface area is 143 Å². The number of alkyl halides is 3. The average Bonchev–Trinajstić information content (AvgIpc) is 2.58. The van der Waals surface area contributed by atoms with Crippen molar-refractivity contribution in [3.63, 3.8) is 0 Å². The summed E-state index contributed by atoms with van der Waals surface area (Å²) in [5.41, 5.74) is 0.0303. The van der Waals surface area contributed by atoms with Crippen LogP contribution in [-0.4, -0.2) is 26.2 Å². The van der Waals surface area contributed by atoms with Crippen LogP contribution in [0, 0.1) is 0 Å². The molecule has 0 unspecified atom stereocenters. The van der Waals surface area contributed by atoms with Crippen molar-refractivity contribution in [2.75, 3.05) is 20.3 Å². The van der Waals surface area contributed by atoms with Crippen molar-refractivity contribution in [1.29, 1.82) is 0 Å². The van der Waals surface area contributed by atoms with E-state index in [1.807, 2.05) is 0 Å². The molecule has 4 nitrogen and oxygen atoms in total. The van der Waals surface area contributed by atoms with Gasteiger partial charge in [0, 0.05) is 0 Å². The van der Waals surface area contributed by atoms with E-state index in [-0.39, 0.29) is 31.2 Å². The SMILES string of the molecule is COc1cccc(CC(=O)NCCOc2cccc(C(F)(F)F)c2)c1. The lowest BCUT2D eigenvalue weighted by molar-refractivity contribution is -0.137. The Hall–Kier alpha value is -2.70. The van der Waals surface area contributed by atoms with Crippen LogP contribution in [0.4, 0.5) is 13.2 Å². The zero-order valence-corrected chi connectivity index (χ0v) is 13.6. The number of hydrogen-bond donors (Lipinski definition) is 1. The highest BCUT2D eigenvalue weighted by Gasteiger charge is 2.30. The van der Waals surface area contributed by atoms with Crippen molar-refractivity contribution in [2.45, 2.75) is 12.6 Å². The molecule has 0 saturated carbocycles. The highest BCUT2D eigenvalue weighted by Crippen LogP contribution is 2.31. The van der Waals surface area contributed by atoms with Crippen molar-refractivity contribution in [2.24, 2.45) is 0 Å². The molecule has 0 spiro atoms. The monoisotopic (exact) mass is 353 g/mol. The summed E-state index contributed by atoms with van der Waals surface area (Å²) in [6, 6.07) is 11.8. The number of carbonyl (C=O) groups excluding carboxylic acids is 1. The maximum absolute atomic E-state index is 12.6. The van der Waals surface area contributed by atoms with Gasteiger partial charge in [0.1, 0.15) is 18.1 Å². The van der Waals surface area contributed by atoms with Crippen molar-refractivity contribution in [3.05, 3.63) is 59.7 Å². The fraction of sp³-hybridized carbons (Fsp3) is 0.278. The minimum Gasteiger partial charge on any atom is -0.497 e. The molecule has 2 rings (SSSR count). The smallest absolute Gasteiger partial charge is 0.416 e. The maximum Gasteiger partial charge on any atom is 0.416 e. The van der Waals surface area contributed by atoms with Gasteiger partial charge in [0.05, 0.1) is 25.6 Å². The van der Waals surface area contributed by atoms with Crippen LogP contribution in [-0.2, 0) is 17.4 Å². The first-order valence-corrected chi connectivity index (χ1v) is 7.58. The van der Waals surface area contributed by atoms with E-state index in [4.69, 9.17) is 9.47 Å².